The van der Waals surface area contributed by atoms with Crippen LogP contribution in [-0.4, -0.2) is 53.9 Å². The van der Waals surface area contributed by atoms with E-state index < -0.39 is 0 Å². The molecule has 1 aromatic heterocycles. The fraction of sp³-hybridized carbons (Fsp3) is 0.538. The van der Waals surface area contributed by atoms with Crippen molar-refractivity contribution in [1.82, 2.24) is 14.8 Å². The van der Waals surface area contributed by atoms with Crippen molar-refractivity contribution in [2.45, 2.75) is 18.9 Å². The lowest BCUT2D eigenvalue weighted by atomic mass is 10.0. The Balaban J connectivity index is 2.14. The van der Waals surface area contributed by atoms with Gasteiger partial charge >= 0.3 is 0 Å². The molecule has 0 bridgehead atoms. The average molecular weight is 263 g/mol. The van der Waals surface area contributed by atoms with Crippen molar-refractivity contribution in [1.29, 1.82) is 0 Å². The molecule has 6 nitrogen and oxygen atoms in total. The number of amides is 1. The number of hydrogen-bond donors (Lipinski definition) is 2. The molecule has 1 atom stereocenters. The Hall–Kier alpha value is -1.66. The Labute approximate surface area is 113 Å². The van der Waals surface area contributed by atoms with Crippen LogP contribution in [-0.2, 0) is 0 Å². The van der Waals surface area contributed by atoms with Gasteiger partial charge < -0.3 is 15.2 Å². The van der Waals surface area contributed by atoms with Gasteiger partial charge in [0.2, 0.25) is 0 Å². The van der Waals surface area contributed by atoms with E-state index in [1.165, 1.54) is 0 Å². The van der Waals surface area contributed by atoms with Gasteiger partial charge in [0.15, 0.2) is 0 Å². The van der Waals surface area contributed by atoms with Gasteiger partial charge in [-0.3, -0.25) is 15.6 Å². The second-order valence-electron chi connectivity index (χ2n) is 5.04. The number of rotatable bonds is 3. The summed E-state index contributed by atoms with van der Waals surface area (Å²) in [6.45, 7) is 2.02. The van der Waals surface area contributed by atoms with Gasteiger partial charge in [0.05, 0.1) is 17.4 Å². The molecular weight excluding hydrogens is 242 g/mol. The number of likely N-dealkylation sites (N-methyl/N-ethyl adjacent to an activating group) is 2. The summed E-state index contributed by atoms with van der Waals surface area (Å²) in [5.74, 6) is 5.40. The average Bonchev–Trinajstić information content (AvgIpc) is 2.45. The number of anilines is 1. The van der Waals surface area contributed by atoms with Crippen molar-refractivity contribution in [3.8, 4) is 0 Å². The zero-order valence-corrected chi connectivity index (χ0v) is 11.5. The second kappa shape index (κ2) is 5.99. The molecule has 104 valence electrons. The zero-order chi connectivity index (χ0) is 13.8. The van der Waals surface area contributed by atoms with E-state index >= 15 is 0 Å². The number of pyridine rings is 1. The van der Waals surface area contributed by atoms with E-state index in [9.17, 15) is 4.79 Å². The lowest BCUT2D eigenvalue weighted by Gasteiger charge is -2.36. The van der Waals surface area contributed by atoms with Crippen molar-refractivity contribution in [2.75, 3.05) is 32.6 Å². The molecule has 1 fully saturated rings. The second-order valence-corrected chi connectivity index (χ2v) is 5.04. The Bertz CT molecular complexity index is 450. The van der Waals surface area contributed by atoms with Gasteiger partial charge in [0.25, 0.3) is 5.91 Å². The molecule has 0 radical (unpaired) electrons. The van der Waals surface area contributed by atoms with Crippen molar-refractivity contribution in [3.05, 3.63) is 24.0 Å². The molecule has 1 aromatic rings. The number of nitrogens with two attached hydrogens (primary N) is 1. The molecule has 0 saturated carbocycles. The molecule has 1 amide bonds. The predicted octanol–water partition coefficient (Wildman–Crippen LogP) is 0.533. The van der Waals surface area contributed by atoms with E-state index in [-0.39, 0.29) is 11.9 Å². The largest absolute Gasteiger partial charge is 0.337 e. The molecule has 1 saturated heterocycles. The third kappa shape index (κ3) is 3.02. The van der Waals surface area contributed by atoms with Gasteiger partial charge in [-0.2, -0.15) is 0 Å². The summed E-state index contributed by atoms with van der Waals surface area (Å²) in [6.07, 6.45) is 5.34. The van der Waals surface area contributed by atoms with Crippen LogP contribution in [0.4, 0.5) is 5.69 Å². The van der Waals surface area contributed by atoms with E-state index in [0.29, 0.717) is 11.3 Å². The van der Waals surface area contributed by atoms with Gasteiger partial charge in [-0.25, -0.2) is 0 Å². The predicted molar refractivity (Wildman–Crippen MR) is 74.7 cm³/mol. The first kappa shape index (κ1) is 13.8. The molecule has 0 aromatic carbocycles. The van der Waals surface area contributed by atoms with Crippen molar-refractivity contribution in [3.63, 3.8) is 0 Å². The van der Waals surface area contributed by atoms with Gasteiger partial charge in [0.1, 0.15) is 0 Å². The lowest BCUT2D eigenvalue weighted by molar-refractivity contribution is 0.0645. The Morgan fingerprint density at radius 3 is 3.11 bits per heavy atom. The summed E-state index contributed by atoms with van der Waals surface area (Å²) in [5.41, 5.74) is 3.64. The van der Waals surface area contributed by atoms with E-state index in [1.54, 1.807) is 18.5 Å². The fourth-order valence-corrected chi connectivity index (χ4v) is 2.51. The first-order valence-electron chi connectivity index (χ1n) is 6.50. The van der Waals surface area contributed by atoms with E-state index in [1.807, 2.05) is 11.9 Å². The van der Waals surface area contributed by atoms with Crippen LogP contribution in [0.2, 0.25) is 0 Å². The Kier molecular flexibility index (Phi) is 4.34. The topological polar surface area (TPSA) is 74.5 Å². The Morgan fingerprint density at radius 1 is 1.63 bits per heavy atom. The highest BCUT2D eigenvalue weighted by atomic mass is 16.2. The zero-order valence-electron chi connectivity index (χ0n) is 11.5. The summed E-state index contributed by atoms with van der Waals surface area (Å²) in [6, 6.07) is 1.95. The first-order valence-corrected chi connectivity index (χ1v) is 6.50. The SMILES string of the molecule is CN1CCCC(N(C)C(=O)c2ccncc2NN)C1. The van der Waals surface area contributed by atoms with Crippen LogP contribution in [0.25, 0.3) is 0 Å². The van der Waals surface area contributed by atoms with E-state index in [0.717, 1.165) is 25.9 Å². The molecule has 1 aliphatic heterocycles. The van der Waals surface area contributed by atoms with E-state index in [2.05, 4.69) is 22.4 Å². The highest BCUT2D eigenvalue weighted by molar-refractivity contribution is 5.99. The minimum absolute atomic E-state index is 0.0179. The monoisotopic (exact) mass is 263 g/mol. The number of carbonyl (C=O) groups is 1. The van der Waals surface area contributed by atoms with Gasteiger partial charge in [-0.05, 0) is 32.5 Å². The van der Waals surface area contributed by atoms with Gasteiger partial charge in [-0.1, -0.05) is 0 Å². The number of nitrogens with one attached hydrogen (secondary N) is 1. The maximum atomic E-state index is 12.5. The normalized spacial score (nSPS) is 20.1. The van der Waals surface area contributed by atoms with Crippen molar-refractivity contribution in [2.24, 2.45) is 5.84 Å². The van der Waals surface area contributed by atoms with Crippen LogP contribution in [0.3, 0.4) is 0 Å². The number of carbonyl (C=O) groups excluding carboxylic acids is 1. The number of likely N-dealkylation sites (tertiary alicyclic amines) is 1. The van der Waals surface area contributed by atoms with Gasteiger partial charge in [0, 0.05) is 25.8 Å². The summed E-state index contributed by atoms with van der Waals surface area (Å²) >= 11 is 0. The highest BCUT2D eigenvalue weighted by Crippen LogP contribution is 2.19. The summed E-state index contributed by atoms with van der Waals surface area (Å²) in [7, 11) is 3.94. The van der Waals surface area contributed by atoms with Crippen LogP contribution in [0.5, 0.6) is 0 Å². The summed E-state index contributed by atoms with van der Waals surface area (Å²) in [4.78, 5) is 20.5. The molecular formula is C13H21N5O. The number of hydrazine groups is 1. The molecule has 6 heteroatoms. The number of hydrogen-bond acceptors (Lipinski definition) is 5. The molecule has 2 rings (SSSR count). The maximum absolute atomic E-state index is 12.5. The van der Waals surface area contributed by atoms with Crippen LogP contribution in [0.1, 0.15) is 23.2 Å². The number of nitrogen functional groups attached to an aromatic ring is 1. The third-order valence-electron chi connectivity index (χ3n) is 3.67. The number of aromatic nitrogens is 1. The minimum Gasteiger partial charge on any atom is -0.337 e. The fourth-order valence-electron chi connectivity index (χ4n) is 2.51. The molecule has 0 spiro atoms. The molecule has 1 unspecified atom stereocenters. The van der Waals surface area contributed by atoms with Crippen LogP contribution >= 0.6 is 0 Å². The van der Waals surface area contributed by atoms with Crippen molar-refractivity contribution >= 4 is 11.6 Å². The van der Waals surface area contributed by atoms with E-state index in [4.69, 9.17) is 5.84 Å². The van der Waals surface area contributed by atoms with Crippen molar-refractivity contribution < 1.29 is 4.79 Å². The third-order valence-corrected chi connectivity index (χ3v) is 3.67. The molecule has 2 heterocycles. The number of nitrogens with zero attached hydrogens (tertiary/aromatic N) is 3. The smallest absolute Gasteiger partial charge is 0.256 e. The lowest BCUT2D eigenvalue weighted by Crippen LogP contribution is -2.47. The molecule has 3 N–H and O–H groups in total. The van der Waals surface area contributed by atoms with Gasteiger partial charge in [-0.15, -0.1) is 0 Å². The van der Waals surface area contributed by atoms with Crippen LogP contribution in [0.15, 0.2) is 18.5 Å². The minimum atomic E-state index is -0.0179. The molecule has 19 heavy (non-hydrogen) atoms. The maximum Gasteiger partial charge on any atom is 0.256 e. The molecule has 0 aliphatic carbocycles. The molecule has 1 aliphatic rings. The number of piperidine rings is 1. The summed E-state index contributed by atoms with van der Waals surface area (Å²) in [5, 5.41) is 0. The van der Waals surface area contributed by atoms with Crippen LogP contribution < -0.4 is 11.3 Å². The Morgan fingerprint density at radius 2 is 2.42 bits per heavy atom. The highest BCUT2D eigenvalue weighted by Gasteiger charge is 2.26. The quantitative estimate of drug-likeness (QED) is 0.615. The standard InChI is InChI=1S/C13H21N5O/c1-17-7-3-4-10(9-17)18(2)13(19)11-5-6-15-8-12(11)16-14/h5-6,8,10,16H,3-4,7,9,14H2,1-2H3. The van der Waals surface area contributed by atoms with Crippen LogP contribution in [0, 0.1) is 0 Å². The first-order chi connectivity index (χ1) is 9.13. The summed E-state index contributed by atoms with van der Waals surface area (Å²) < 4.78 is 0.